The molecule has 0 saturated heterocycles. The van der Waals surface area contributed by atoms with E-state index in [1.54, 1.807) is 64.5 Å². The molecule has 0 aliphatic rings. The van der Waals surface area contributed by atoms with Gasteiger partial charge < -0.3 is 20.6 Å². The van der Waals surface area contributed by atoms with Gasteiger partial charge in [-0.2, -0.15) is 18.2 Å². The fourth-order valence-corrected chi connectivity index (χ4v) is 4.19. The quantitative estimate of drug-likeness (QED) is 0.180. The van der Waals surface area contributed by atoms with Gasteiger partial charge in [-0.25, -0.2) is 4.98 Å². The van der Waals surface area contributed by atoms with E-state index < -0.39 is 28.4 Å². The molecule has 0 saturated carbocycles. The average molecular weight is 569 g/mol. The van der Waals surface area contributed by atoms with Crippen molar-refractivity contribution in [2.45, 2.75) is 25.6 Å². The van der Waals surface area contributed by atoms with Gasteiger partial charge in [-0.1, -0.05) is 18.2 Å². The third-order valence-electron chi connectivity index (χ3n) is 6.51. The highest BCUT2D eigenvalue weighted by Gasteiger charge is 2.33. The van der Waals surface area contributed by atoms with Gasteiger partial charge in [0.1, 0.15) is 11.6 Å². The van der Waals surface area contributed by atoms with Crippen LogP contribution in [0.3, 0.4) is 0 Å². The highest BCUT2D eigenvalue weighted by atomic mass is 19.4. The number of likely N-dealkylation sites (N-methyl/N-ethyl adjacent to an activating group) is 1. The summed E-state index contributed by atoms with van der Waals surface area (Å²) in [6.45, 7) is 1.57. The number of anilines is 2. The topological polar surface area (TPSA) is 134 Å². The van der Waals surface area contributed by atoms with Gasteiger partial charge in [0.2, 0.25) is 11.9 Å². The number of aromatic hydroxyl groups is 1. The number of alkyl halides is 3. The molecule has 1 aromatic heterocycles. The first-order valence-corrected chi connectivity index (χ1v) is 12.4. The predicted octanol–water partition coefficient (Wildman–Crippen LogP) is 5.77. The highest BCUT2D eigenvalue weighted by molar-refractivity contribution is 5.94. The summed E-state index contributed by atoms with van der Waals surface area (Å²) in [7, 11) is 4.88. The normalized spacial score (nSPS) is 12.2. The molecule has 0 radical (unpaired) electrons. The zero-order valence-corrected chi connectivity index (χ0v) is 22.6. The third kappa shape index (κ3) is 6.45. The number of nitrogens with one attached hydrogen (secondary N) is 2. The number of amides is 1. The molecule has 0 aliphatic carbocycles. The SMILES string of the molecule is CNc1nc(N[C@H](C)c2cc([N+](=O)[O-])cc(C(F)(F)F)c2)c2cc(-c3ccc(CC(=O)N(C)C)c(O)c3)ccc2n1. The summed E-state index contributed by atoms with van der Waals surface area (Å²) in [5, 5.41) is 28.3. The molecular formula is C28H27F3N6O4. The molecular weight excluding hydrogens is 541 g/mol. The lowest BCUT2D eigenvalue weighted by Gasteiger charge is -2.19. The number of hydrogen-bond donors (Lipinski definition) is 3. The lowest BCUT2D eigenvalue weighted by Crippen LogP contribution is -2.23. The summed E-state index contributed by atoms with van der Waals surface area (Å²) in [4.78, 5) is 32.8. The summed E-state index contributed by atoms with van der Waals surface area (Å²) < 4.78 is 40.4. The Morgan fingerprint density at radius 2 is 1.76 bits per heavy atom. The lowest BCUT2D eigenvalue weighted by atomic mass is 9.99. The Bertz CT molecular complexity index is 1640. The van der Waals surface area contributed by atoms with Crippen LogP contribution in [0.15, 0.2) is 54.6 Å². The van der Waals surface area contributed by atoms with Crippen LogP contribution in [0.5, 0.6) is 5.75 Å². The van der Waals surface area contributed by atoms with Gasteiger partial charge in [-0.05, 0) is 47.9 Å². The fraction of sp³-hybridized carbons (Fsp3) is 0.250. The molecule has 0 fully saturated rings. The Kier molecular flexibility index (Phi) is 7.99. The summed E-state index contributed by atoms with van der Waals surface area (Å²) in [6, 6.07) is 11.9. The van der Waals surface area contributed by atoms with Crippen LogP contribution in [0.4, 0.5) is 30.6 Å². The second kappa shape index (κ2) is 11.3. The summed E-state index contributed by atoms with van der Waals surface area (Å²) in [5.41, 5.74) is 0.576. The molecule has 4 rings (SSSR count). The van der Waals surface area contributed by atoms with Crippen LogP contribution in [0.1, 0.15) is 29.7 Å². The maximum Gasteiger partial charge on any atom is 0.416 e. The molecule has 10 nitrogen and oxygen atoms in total. The van der Waals surface area contributed by atoms with Crippen LogP contribution < -0.4 is 10.6 Å². The minimum atomic E-state index is -4.77. The Balaban J connectivity index is 1.74. The van der Waals surface area contributed by atoms with Crippen molar-refractivity contribution >= 4 is 34.3 Å². The molecule has 41 heavy (non-hydrogen) atoms. The number of carbonyl (C=O) groups excluding carboxylic acids is 1. The number of hydrogen-bond acceptors (Lipinski definition) is 8. The molecule has 1 atom stereocenters. The number of nitro benzene ring substituents is 1. The number of phenols is 1. The van der Waals surface area contributed by atoms with Gasteiger partial charge in [0, 0.05) is 44.2 Å². The number of nitrogens with zero attached hydrogens (tertiary/aromatic N) is 4. The molecule has 0 unspecified atom stereocenters. The first-order valence-electron chi connectivity index (χ1n) is 12.4. The van der Waals surface area contributed by atoms with E-state index in [1.165, 1.54) is 4.90 Å². The van der Waals surface area contributed by atoms with E-state index >= 15 is 0 Å². The standard InChI is InChI=1S/C28H27F3N6O4/c1-15(19-9-20(28(29,30)31)14-21(10-19)37(40)41)33-26-22-11-16(7-8-23(22)34-27(32-2)35-26)17-5-6-18(24(38)12-17)13-25(39)36(3)4/h5-12,14-15,38H,13H2,1-4H3,(H2,32,33,34,35)/t15-/m1/s1. The first kappa shape index (κ1) is 29.1. The van der Waals surface area contributed by atoms with Crippen LogP contribution in [0, 0.1) is 10.1 Å². The Morgan fingerprint density at radius 3 is 2.37 bits per heavy atom. The smallest absolute Gasteiger partial charge is 0.416 e. The number of rotatable bonds is 8. The largest absolute Gasteiger partial charge is 0.508 e. The second-order valence-corrected chi connectivity index (χ2v) is 9.62. The van der Waals surface area contributed by atoms with Crippen molar-refractivity contribution in [1.82, 2.24) is 14.9 Å². The number of aromatic nitrogens is 2. The minimum Gasteiger partial charge on any atom is -0.508 e. The van der Waals surface area contributed by atoms with E-state index in [0.29, 0.717) is 33.7 Å². The zero-order valence-electron chi connectivity index (χ0n) is 22.6. The van der Waals surface area contributed by atoms with Gasteiger partial charge in [0.05, 0.1) is 28.5 Å². The van der Waals surface area contributed by atoms with E-state index in [-0.39, 0.29) is 35.4 Å². The molecule has 3 aromatic carbocycles. The number of non-ortho nitro benzene ring substituents is 1. The monoisotopic (exact) mass is 568 g/mol. The number of phenolic OH excluding ortho intramolecular Hbond substituents is 1. The van der Waals surface area contributed by atoms with E-state index in [0.717, 1.165) is 12.1 Å². The minimum absolute atomic E-state index is 0.0388. The van der Waals surface area contributed by atoms with Crippen molar-refractivity contribution in [3.8, 4) is 16.9 Å². The molecule has 0 aliphatic heterocycles. The second-order valence-electron chi connectivity index (χ2n) is 9.62. The van der Waals surface area contributed by atoms with Crippen LogP contribution in [0.2, 0.25) is 0 Å². The van der Waals surface area contributed by atoms with E-state index in [1.807, 2.05) is 0 Å². The molecule has 1 amide bonds. The summed E-state index contributed by atoms with van der Waals surface area (Å²) >= 11 is 0. The maximum atomic E-state index is 13.5. The molecule has 4 aromatic rings. The van der Waals surface area contributed by atoms with Crippen LogP contribution in [0.25, 0.3) is 22.0 Å². The van der Waals surface area contributed by atoms with Gasteiger partial charge >= 0.3 is 6.18 Å². The lowest BCUT2D eigenvalue weighted by molar-refractivity contribution is -0.385. The molecule has 0 bridgehead atoms. The van der Waals surface area contributed by atoms with Crippen LogP contribution in [-0.2, 0) is 17.4 Å². The molecule has 0 spiro atoms. The van der Waals surface area contributed by atoms with Gasteiger partial charge in [-0.15, -0.1) is 0 Å². The Labute approximate surface area is 233 Å². The molecule has 214 valence electrons. The summed E-state index contributed by atoms with van der Waals surface area (Å²) in [5.74, 6) is 0.332. The van der Waals surface area contributed by atoms with Crippen molar-refractivity contribution in [2.24, 2.45) is 0 Å². The van der Waals surface area contributed by atoms with E-state index in [4.69, 9.17) is 0 Å². The fourth-order valence-electron chi connectivity index (χ4n) is 4.19. The Hall–Kier alpha value is -4.94. The first-order chi connectivity index (χ1) is 19.3. The molecule has 1 heterocycles. The maximum absolute atomic E-state index is 13.5. The van der Waals surface area contributed by atoms with Crippen molar-refractivity contribution in [2.75, 3.05) is 31.8 Å². The summed E-state index contributed by atoms with van der Waals surface area (Å²) in [6.07, 6.45) is -4.73. The van der Waals surface area contributed by atoms with Crippen LogP contribution in [-0.4, -0.2) is 51.9 Å². The van der Waals surface area contributed by atoms with Crippen molar-refractivity contribution in [3.63, 3.8) is 0 Å². The third-order valence-corrected chi connectivity index (χ3v) is 6.51. The molecule has 13 heteroatoms. The number of fused-ring (bicyclic) bond motifs is 1. The zero-order chi connectivity index (χ0) is 30.1. The molecule has 3 N–H and O–H groups in total. The van der Waals surface area contributed by atoms with Crippen LogP contribution >= 0.6 is 0 Å². The number of carbonyl (C=O) groups is 1. The number of benzene rings is 3. The Morgan fingerprint density at radius 1 is 1.07 bits per heavy atom. The number of nitro groups is 1. The van der Waals surface area contributed by atoms with Gasteiger partial charge in [-0.3, -0.25) is 14.9 Å². The van der Waals surface area contributed by atoms with Crippen molar-refractivity contribution in [1.29, 1.82) is 0 Å². The van der Waals surface area contributed by atoms with Crippen molar-refractivity contribution in [3.05, 3.63) is 81.4 Å². The van der Waals surface area contributed by atoms with E-state index in [9.17, 15) is 33.2 Å². The number of halogens is 3. The highest BCUT2D eigenvalue weighted by Crippen LogP contribution is 2.36. The van der Waals surface area contributed by atoms with Gasteiger partial charge in [0.25, 0.3) is 5.69 Å². The van der Waals surface area contributed by atoms with Crippen molar-refractivity contribution < 1.29 is 28.0 Å². The van der Waals surface area contributed by atoms with Gasteiger partial charge in [0.15, 0.2) is 0 Å². The van der Waals surface area contributed by atoms with E-state index in [2.05, 4.69) is 20.6 Å². The average Bonchev–Trinajstić information content (AvgIpc) is 2.92. The predicted molar refractivity (Wildman–Crippen MR) is 149 cm³/mol.